The zero-order valence-electron chi connectivity index (χ0n) is 33.7. The summed E-state index contributed by atoms with van der Waals surface area (Å²) in [6.07, 6.45) is 0. The maximum Gasteiger partial charge on any atom is 0.308 e. The van der Waals surface area contributed by atoms with E-state index < -0.39 is 25.7 Å². The highest BCUT2D eigenvalue weighted by atomic mass is 32.2. The van der Waals surface area contributed by atoms with Crippen LogP contribution in [0.15, 0.2) is 194 Å². The van der Waals surface area contributed by atoms with Crippen LogP contribution < -0.4 is 8.37 Å². The first-order valence-electron chi connectivity index (χ1n) is 20.3. The van der Waals surface area contributed by atoms with Crippen LogP contribution in [0.25, 0.3) is 55.6 Å². The van der Waals surface area contributed by atoms with Crippen molar-refractivity contribution in [1.29, 1.82) is 0 Å². The predicted octanol–water partition coefficient (Wildman–Crippen LogP) is 12.2. The molecular formula is C53H42O6S2. The fourth-order valence-corrected chi connectivity index (χ4v) is 9.70. The second-order valence-electron chi connectivity index (χ2n) is 15.0. The normalized spacial score (nSPS) is 13.0. The van der Waals surface area contributed by atoms with Gasteiger partial charge in [-0.1, -0.05) is 170 Å². The molecule has 0 amide bonds. The highest BCUT2D eigenvalue weighted by Gasteiger charge is 2.47. The van der Waals surface area contributed by atoms with Gasteiger partial charge in [0.1, 0.15) is 0 Å². The molecule has 1 aliphatic rings. The smallest absolute Gasteiger partial charge is 0.308 e. The Balaban J connectivity index is 1.49. The summed E-state index contributed by atoms with van der Waals surface area (Å²) in [7, 11) is -7.98. The third-order valence-corrected chi connectivity index (χ3v) is 13.7. The number of benzene rings is 8. The van der Waals surface area contributed by atoms with Gasteiger partial charge in [-0.2, -0.15) is 16.8 Å². The molecule has 8 heteroatoms. The van der Waals surface area contributed by atoms with Crippen LogP contribution in [-0.2, 0) is 25.7 Å². The maximum absolute atomic E-state index is 13.5. The molecule has 9 rings (SSSR count). The molecule has 1 aliphatic carbocycles. The first-order chi connectivity index (χ1) is 29.6. The summed E-state index contributed by atoms with van der Waals surface area (Å²) >= 11 is 0. The van der Waals surface area contributed by atoms with Crippen LogP contribution in [-0.4, -0.2) is 28.3 Å². The third-order valence-electron chi connectivity index (χ3n) is 11.5. The monoisotopic (exact) mass is 838 g/mol. The van der Waals surface area contributed by atoms with Gasteiger partial charge in [0.25, 0.3) is 0 Å². The Labute approximate surface area is 358 Å². The SMILES string of the molecule is CCS(=O)(=O)Oc1c(-c2ccccc2)cc(C2(c3cc(-c4ccccc4)c(OS(=O)(=O)CC)c(-c4ccccc4)c3)c3ccccc3-c3ccccc32)cc1-c1ccccc1. The van der Waals surface area contributed by atoms with Crippen molar-refractivity contribution in [3.63, 3.8) is 0 Å². The Morgan fingerprint density at radius 1 is 0.361 bits per heavy atom. The highest BCUT2D eigenvalue weighted by Crippen LogP contribution is 2.59. The van der Waals surface area contributed by atoms with Gasteiger partial charge in [0.05, 0.1) is 16.9 Å². The minimum Gasteiger partial charge on any atom is -0.381 e. The van der Waals surface area contributed by atoms with Crippen molar-refractivity contribution < 1.29 is 25.2 Å². The van der Waals surface area contributed by atoms with Crippen LogP contribution in [0.3, 0.4) is 0 Å². The summed E-state index contributed by atoms with van der Waals surface area (Å²) in [5.74, 6) is 0.0470. The lowest BCUT2D eigenvalue weighted by atomic mass is 9.66. The quantitative estimate of drug-likeness (QED) is 0.114. The Kier molecular flexibility index (Phi) is 10.4. The van der Waals surface area contributed by atoms with Crippen LogP contribution in [0.5, 0.6) is 11.5 Å². The molecule has 0 spiro atoms. The van der Waals surface area contributed by atoms with Gasteiger partial charge in [0.2, 0.25) is 0 Å². The Morgan fingerprint density at radius 2 is 0.623 bits per heavy atom. The standard InChI is InChI=1S/C53H42O6S2/c1-3-60(54,55)58-51-45(37-21-9-5-10-22-37)33-41(34-46(51)38-23-11-6-12-24-38)53(49-31-19-17-29-43(49)44-30-18-20-32-50(44)53)42-35-47(39-25-13-7-14-26-39)52(59-61(56,57)4-2)48(36-42)40-27-15-8-16-28-40/h5-36H,3-4H2,1-2H3. The lowest BCUT2D eigenvalue weighted by Gasteiger charge is -2.36. The Hall–Kier alpha value is -6.74. The molecule has 6 nitrogen and oxygen atoms in total. The molecule has 0 aliphatic heterocycles. The molecule has 302 valence electrons. The lowest BCUT2D eigenvalue weighted by Crippen LogP contribution is -2.29. The largest absolute Gasteiger partial charge is 0.381 e. The molecule has 0 radical (unpaired) electrons. The van der Waals surface area contributed by atoms with Crippen LogP contribution in [0.2, 0.25) is 0 Å². The van der Waals surface area contributed by atoms with E-state index in [2.05, 4.69) is 48.5 Å². The summed E-state index contributed by atoms with van der Waals surface area (Å²) in [5.41, 5.74) is 10.3. The second kappa shape index (κ2) is 16.0. The molecule has 0 atom stereocenters. The topological polar surface area (TPSA) is 86.7 Å². The van der Waals surface area contributed by atoms with E-state index >= 15 is 0 Å². The summed E-state index contributed by atoms with van der Waals surface area (Å²) in [6, 6.07) is 63.9. The third kappa shape index (κ3) is 7.22. The van der Waals surface area contributed by atoms with E-state index in [0.29, 0.717) is 22.3 Å². The Bertz CT molecular complexity index is 2780. The van der Waals surface area contributed by atoms with Gasteiger partial charge in [-0.25, -0.2) is 0 Å². The van der Waals surface area contributed by atoms with Gasteiger partial charge < -0.3 is 8.37 Å². The van der Waals surface area contributed by atoms with Crippen LogP contribution in [0, 0.1) is 0 Å². The van der Waals surface area contributed by atoms with E-state index in [9.17, 15) is 16.8 Å². The molecule has 0 bridgehead atoms. The molecule has 0 saturated heterocycles. The average molecular weight is 839 g/mol. The maximum atomic E-state index is 13.5. The zero-order chi connectivity index (χ0) is 42.2. The number of hydrogen-bond donors (Lipinski definition) is 0. The van der Waals surface area contributed by atoms with Crippen LogP contribution >= 0.6 is 0 Å². The molecule has 0 saturated carbocycles. The van der Waals surface area contributed by atoms with E-state index in [1.54, 1.807) is 13.8 Å². The lowest BCUT2D eigenvalue weighted by molar-refractivity contribution is 0.487. The van der Waals surface area contributed by atoms with E-state index in [0.717, 1.165) is 55.6 Å². The number of rotatable bonds is 12. The average Bonchev–Trinajstić information content (AvgIpc) is 3.61. The number of fused-ring (bicyclic) bond motifs is 3. The molecule has 8 aromatic rings. The van der Waals surface area contributed by atoms with Crippen molar-refractivity contribution in [3.05, 3.63) is 216 Å². The van der Waals surface area contributed by atoms with E-state index in [4.69, 9.17) is 8.37 Å². The summed E-state index contributed by atoms with van der Waals surface area (Å²) < 4.78 is 66.3. The minimum atomic E-state index is -3.99. The van der Waals surface area contributed by atoms with Gasteiger partial charge in [0, 0.05) is 22.3 Å². The highest BCUT2D eigenvalue weighted by molar-refractivity contribution is 7.87. The van der Waals surface area contributed by atoms with Crippen LogP contribution in [0.1, 0.15) is 36.1 Å². The fraction of sp³-hybridized carbons (Fsp3) is 0.0943. The molecule has 0 unspecified atom stereocenters. The first kappa shape index (κ1) is 39.7. The Morgan fingerprint density at radius 3 is 0.902 bits per heavy atom. The number of hydrogen-bond acceptors (Lipinski definition) is 6. The molecule has 0 fully saturated rings. The van der Waals surface area contributed by atoms with Crippen molar-refractivity contribution in [2.75, 3.05) is 11.5 Å². The van der Waals surface area contributed by atoms with Gasteiger partial charge in [-0.05, 0) is 93.7 Å². The second-order valence-corrected chi connectivity index (χ2v) is 18.7. The van der Waals surface area contributed by atoms with E-state index in [1.807, 2.05) is 146 Å². The molecule has 8 aromatic carbocycles. The molecule has 61 heavy (non-hydrogen) atoms. The summed E-state index contributed by atoms with van der Waals surface area (Å²) in [6.45, 7) is 3.15. The van der Waals surface area contributed by atoms with Crippen molar-refractivity contribution >= 4 is 20.2 Å². The molecular weight excluding hydrogens is 797 g/mol. The van der Waals surface area contributed by atoms with Gasteiger partial charge in [-0.15, -0.1) is 0 Å². The molecule has 0 N–H and O–H groups in total. The fourth-order valence-electron chi connectivity index (χ4n) is 8.59. The van der Waals surface area contributed by atoms with Crippen molar-refractivity contribution in [2.45, 2.75) is 19.3 Å². The van der Waals surface area contributed by atoms with E-state index in [-0.39, 0.29) is 23.0 Å². The molecule has 0 heterocycles. The van der Waals surface area contributed by atoms with Crippen molar-refractivity contribution in [2.24, 2.45) is 0 Å². The summed E-state index contributed by atoms with van der Waals surface area (Å²) in [5, 5.41) is 0. The van der Waals surface area contributed by atoms with Gasteiger partial charge in [-0.3, -0.25) is 0 Å². The van der Waals surface area contributed by atoms with Gasteiger partial charge in [0.15, 0.2) is 11.5 Å². The minimum absolute atomic E-state index is 0.214. The summed E-state index contributed by atoms with van der Waals surface area (Å²) in [4.78, 5) is 0. The van der Waals surface area contributed by atoms with E-state index in [1.165, 1.54) is 0 Å². The first-order valence-corrected chi connectivity index (χ1v) is 23.4. The zero-order valence-corrected chi connectivity index (χ0v) is 35.3. The van der Waals surface area contributed by atoms with Gasteiger partial charge >= 0.3 is 20.2 Å². The van der Waals surface area contributed by atoms with Crippen LogP contribution in [0.4, 0.5) is 0 Å². The van der Waals surface area contributed by atoms with Crippen molar-refractivity contribution in [3.8, 4) is 67.1 Å². The predicted molar refractivity (Wildman–Crippen MR) is 246 cm³/mol. The molecule has 0 aromatic heterocycles. The van der Waals surface area contributed by atoms with Crippen molar-refractivity contribution in [1.82, 2.24) is 0 Å².